The first-order valence-electron chi connectivity index (χ1n) is 7.00. The van der Waals surface area contributed by atoms with Gasteiger partial charge in [-0.25, -0.2) is 4.79 Å². The molecular formula is C19H16O2. The molecule has 0 N–H and O–H groups in total. The minimum atomic E-state index is -0.254. The molecule has 0 bridgehead atoms. The van der Waals surface area contributed by atoms with E-state index in [2.05, 4.69) is 12.1 Å². The standard InChI is InChI=1S/C19H16O2/c20-19-18(12-16-9-5-2-6-10-16)13-17(14-21-19)11-15-7-3-1-4-8-15/h1-10,13-14H,11-12H2. The van der Waals surface area contributed by atoms with Crippen molar-refractivity contribution >= 4 is 0 Å². The molecule has 0 aliphatic rings. The first kappa shape index (κ1) is 13.4. The lowest BCUT2D eigenvalue weighted by molar-refractivity contribution is 0.497. The average molecular weight is 276 g/mol. The molecule has 1 heterocycles. The minimum absolute atomic E-state index is 0.254. The van der Waals surface area contributed by atoms with E-state index in [1.807, 2.05) is 54.6 Å². The summed E-state index contributed by atoms with van der Waals surface area (Å²) in [5.74, 6) is 0. The lowest BCUT2D eigenvalue weighted by Crippen LogP contribution is -2.08. The maximum absolute atomic E-state index is 11.9. The van der Waals surface area contributed by atoms with Gasteiger partial charge < -0.3 is 4.42 Å². The summed E-state index contributed by atoms with van der Waals surface area (Å²) in [6.07, 6.45) is 2.93. The monoisotopic (exact) mass is 276 g/mol. The summed E-state index contributed by atoms with van der Waals surface area (Å²) in [6.45, 7) is 0. The molecule has 2 aromatic carbocycles. The molecule has 0 unspecified atom stereocenters. The molecule has 2 heteroatoms. The second-order valence-corrected chi connectivity index (χ2v) is 5.09. The fourth-order valence-electron chi connectivity index (χ4n) is 2.38. The molecule has 0 spiro atoms. The Morgan fingerprint density at radius 3 is 1.90 bits per heavy atom. The van der Waals surface area contributed by atoms with Gasteiger partial charge in [-0.05, 0) is 22.8 Å². The smallest absolute Gasteiger partial charge is 0.339 e. The number of benzene rings is 2. The maximum atomic E-state index is 11.9. The van der Waals surface area contributed by atoms with Gasteiger partial charge in [0.15, 0.2) is 0 Å². The van der Waals surface area contributed by atoms with E-state index in [1.165, 1.54) is 5.56 Å². The van der Waals surface area contributed by atoms with Crippen molar-refractivity contribution in [2.24, 2.45) is 0 Å². The Balaban J connectivity index is 1.85. The topological polar surface area (TPSA) is 30.2 Å². The first-order chi connectivity index (χ1) is 10.3. The summed E-state index contributed by atoms with van der Waals surface area (Å²) in [6, 6.07) is 22.1. The summed E-state index contributed by atoms with van der Waals surface area (Å²) in [7, 11) is 0. The minimum Gasteiger partial charge on any atom is -0.431 e. The van der Waals surface area contributed by atoms with Crippen LogP contribution in [0.4, 0.5) is 0 Å². The molecule has 0 aliphatic carbocycles. The average Bonchev–Trinajstić information content (AvgIpc) is 2.53. The van der Waals surface area contributed by atoms with Crippen LogP contribution in [-0.2, 0) is 12.8 Å². The molecule has 21 heavy (non-hydrogen) atoms. The Bertz CT molecular complexity index is 758. The Hall–Kier alpha value is -2.61. The van der Waals surface area contributed by atoms with Gasteiger partial charge in [0.25, 0.3) is 0 Å². The predicted molar refractivity (Wildman–Crippen MR) is 83.5 cm³/mol. The number of rotatable bonds is 4. The van der Waals surface area contributed by atoms with Crippen LogP contribution in [0.3, 0.4) is 0 Å². The van der Waals surface area contributed by atoms with E-state index in [-0.39, 0.29) is 5.63 Å². The van der Waals surface area contributed by atoms with E-state index < -0.39 is 0 Å². The van der Waals surface area contributed by atoms with Crippen molar-refractivity contribution in [3.8, 4) is 0 Å². The van der Waals surface area contributed by atoms with Gasteiger partial charge in [0.05, 0.1) is 6.26 Å². The van der Waals surface area contributed by atoms with Gasteiger partial charge in [-0.2, -0.15) is 0 Å². The van der Waals surface area contributed by atoms with Gasteiger partial charge in [0.1, 0.15) is 0 Å². The van der Waals surface area contributed by atoms with E-state index in [9.17, 15) is 4.79 Å². The maximum Gasteiger partial charge on any atom is 0.339 e. The van der Waals surface area contributed by atoms with Crippen molar-refractivity contribution in [3.05, 3.63) is 106 Å². The zero-order valence-electron chi connectivity index (χ0n) is 11.7. The molecule has 2 nitrogen and oxygen atoms in total. The SMILES string of the molecule is O=c1occ(Cc2ccccc2)cc1Cc1ccccc1. The van der Waals surface area contributed by atoms with Crippen LogP contribution in [0, 0.1) is 0 Å². The van der Waals surface area contributed by atoms with Crippen LogP contribution in [0.1, 0.15) is 22.3 Å². The molecule has 1 aromatic heterocycles. The van der Waals surface area contributed by atoms with Gasteiger partial charge in [-0.3, -0.25) is 0 Å². The lowest BCUT2D eigenvalue weighted by atomic mass is 10.0. The fourth-order valence-corrected chi connectivity index (χ4v) is 2.38. The molecule has 104 valence electrons. The molecule has 0 fully saturated rings. The highest BCUT2D eigenvalue weighted by Crippen LogP contribution is 2.12. The molecule has 0 amide bonds. The van der Waals surface area contributed by atoms with Crippen LogP contribution in [0.5, 0.6) is 0 Å². The van der Waals surface area contributed by atoms with Crippen LogP contribution >= 0.6 is 0 Å². The van der Waals surface area contributed by atoms with Crippen molar-refractivity contribution in [3.63, 3.8) is 0 Å². The van der Waals surface area contributed by atoms with E-state index in [0.717, 1.165) is 17.5 Å². The highest BCUT2D eigenvalue weighted by molar-refractivity contribution is 5.29. The van der Waals surface area contributed by atoms with Crippen LogP contribution in [0.2, 0.25) is 0 Å². The second kappa shape index (κ2) is 6.23. The molecule has 0 atom stereocenters. The largest absolute Gasteiger partial charge is 0.431 e. The molecule has 3 rings (SSSR count). The van der Waals surface area contributed by atoms with Crippen LogP contribution in [0.25, 0.3) is 0 Å². The van der Waals surface area contributed by atoms with Crippen molar-refractivity contribution in [1.82, 2.24) is 0 Å². The Morgan fingerprint density at radius 1 is 0.714 bits per heavy atom. The molecular weight excluding hydrogens is 260 g/mol. The van der Waals surface area contributed by atoms with Crippen LogP contribution in [-0.4, -0.2) is 0 Å². The second-order valence-electron chi connectivity index (χ2n) is 5.09. The zero-order valence-corrected chi connectivity index (χ0v) is 11.7. The Labute approximate surface area is 123 Å². The predicted octanol–water partition coefficient (Wildman–Crippen LogP) is 3.82. The number of hydrogen-bond acceptors (Lipinski definition) is 2. The molecule has 0 radical (unpaired) electrons. The van der Waals surface area contributed by atoms with E-state index >= 15 is 0 Å². The Kier molecular flexibility index (Phi) is 3.97. The quantitative estimate of drug-likeness (QED) is 0.725. The summed E-state index contributed by atoms with van der Waals surface area (Å²) < 4.78 is 5.18. The van der Waals surface area contributed by atoms with E-state index in [1.54, 1.807) is 6.26 Å². The first-order valence-corrected chi connectivity index (χ1v) is 7.00. The van der Waals surface area contributed by atoms with Crippen molar-refractivity contribution in [2.45, 2.75) is 12.8 Å². The van der Waals surface area contributed by atoms with Gasteiger partial charge >= 0.3 is 5.63 Å². The highest BCUT2D eigenvalue weighted by Gasteiger charge is 2.06. The van der Waals surface area contributed by atoms with Crippen LogP contribution in [0.15, 0.2) is 82.2 Å². The molecule has 0 saturated heterocycles. The third-order valence-corrected chi connectivity index (χ3v) is 3.43. The number of hydrogen-bond donors (Lipinski definition) is 0. The normalized spacial score (nSPS) is 10.5. The van der Waals surface area contributed by atoms with Gasteiger partial charge in [-0.15, -0.1) is 0 Å². The third-order valence-electron chi connectivity index (χ3n) is 3.43. The molecule has 0 aliphatic heterocycles. The van der Waals surface area contributed by atoms with Crippen molar-refractivity contribution in [1.29, 1.82) is 0 Å². The van der Waals surface area contributed by atoms with E-state index in [4.69, 9.17) is 4.42 Å². The summed E-state index contributed by atoms with van der Waals surface area (Å²) >= 11 is 0. The fraction of sp³-hybridized carbons (Fsp3) is 0.105. The van der Waals surface area contributed by atoms with Gasteiger partial charge in [0.2, 0.25) is 0 Å². The van der Waals surface area contributed by atoms with Gasteiger partial charge in [-0.1, -0.05) is 60.7 Å². The Morgan fingerprint density at radius 2 is 1.29 bits per heavy atom. The zero-order chi connectivity index (χ0) is 14.5. The molecule has 0 saturated carbocycles. The summed E-state index contributed by atoms with van der Waals surface area (Å²) in [4.78, 5) is 11.9. The summed E-state index contributed by atoms with van der Waals surface area (Å²) in [5, 5.41) is 0. The highest BCUT2D eigenvalue weighted by atomic mass is 16.4. The summed E-state index contributed by atoms with van der Waals surface area (Å²) in [5.41, 5.74) is 3.79. The van der Waals surface area contributed by atoms with E-state index in [0.29, 0.717) is 12.0 Å². The van der Waals surface area contributed by atoms with Crippen LogP contribution < -0.4 is 5.63 Å². The lowest BCUT2D eigenvalue weighted by Gasteiger charge is -2.04. The third kappa shape index (κ3) is 3.48. The van der Waals surface area contributed by atoms with Crippen molar-refractivity contribution < 1.29 is 4.42 Å². The van der Waals surface area contributed by atoms with Gasteiger partial charge in [0, 0.05) is 18.4 Å². The van der Waals surface area contributed by atoms with Crippen molar-refractivity contribution in [2.75, 3.05) is 0 Å². The molecule has 3 aromatic rings.